The van der Waals surface area contributed by atoms with Crippen LogP contribution in [0.5, 0.6) is 11.5 Å². The number of carbonyl (C=O) groups is 2. The zero-order chi connectivity index (χ0) is 17.5. The third-order valence-corrected chi connectivity index (χ3v) is 4.08. The van der Waals surface area contributed by atoms with E-state index in [-0.39, 0.29) is 11.9 Å². The van der Waals surface area contributed by atoms with E-state index in [0.717, 1.165) is 17.1 Å². The van der Waals surface area contributed by atoms with Gasteiger partial charge in [0.25, 0.3) is 0 Å². The van der Waals surface area contributed by atoms with Gasteiger partial charge < -0.3 is 25.0 Å². The first-order valence-corrected chi connectivity index (χ1v) is 8.13. The van der Waals surface area contributed by atoms with Crippen molar-refractivity contribution in [3.63, 3.8) is 0 Å². The maximum Gasteiger partial charge on any atom is 0.318 e. The number of nitrogens with one attached hydrogen (secondary N) is 2. The number of ether oxygens (including phenoxy) is 2. The molecule has 1 aromatic carbocycles. The van der Waals surface area contributed by atoms with E-state index < -0.39 is 6.04 Å². The van der Waals surface area contributed by atoms with E-state index in [4.69, 9.17) is 9.47 Å². The van der Waals surface area contributed by atoms with E-state index in [2.05, 4.69) is 10.6 Å². The molecule has 1 aromatic rings. The minimum absolute atomic E-state index is 0.0866. The smallest absolute Gasteiger partial charge is 0.318 e. The lowest BCUT2D eigenvalue weighted by molar-refractivity contribution is -0.127. The Morgan fingerprint density at radius 1 is 1.29 bits per heavy atom. The molecule has 0 aromatic heterocycles. The maximum atomic E-state index is 12.3. The first-order chi connectivity index (χ1) is 11.6. The van der Waals surface area contributed by atoms with Crippen LogP contribution in [0.4, 0.5) is 4.79 Å². The van der Waals surface area contributed by atoms with Crippen molar-refractivity contribution in [3.05, 3.63) is 23.8 Å². The van der Waals surface area contributed by atoms with Gasteiger partial charge in [-0.1, -0.05) is 6.92 Å². The van der Waals surface area contributed by atoms with Crippen LogP contribution in [0.2, 0.25) is 0 Å². The molecule has 24 heavy (non-hydrogen) atoms. The topological polar surface area (TPSA) is 79.9 Å². The molecule has 0 aliphatic carbocycles. The van der Waals surface area contributed by atoms with E-state index >= 15 is 0 Å². The van der Waals surface area contributed by atoms with Gasteiger partial charge in [0.05, 0.1) is 14.2 Å². The van der Waals surface area contributed by atoms with Crippen LogP contribution in [0.25, 0.3) is 0 Å². The number of piperazine rings is 1. The number of nitrogens with zero attached hydrogens (tertiary/aromatic N) is 1. The van der Waals surface area contributed by atoms with Crippen LogP contribution in [0, 0.1) is 0 Å². The van der Waals surface area contributed by atoms with Crippen molar-refractivity contribution in [3.8, 4) is 11.5 Å². The van der Waals surface area contributed by atoms with Gasteiger partial charge in [0.2, 0.25) is 5.91 Å². The quantitative estimate of drug-likeness (QED) is 0.818. The van der Waals surface area contributed by atoms with Crippen molar-refractivity contribution >= 4 is 11.9 Å². The van der Waals surface area contributed by atoms with Crippen molar-refractivity contribution in [2.75, 3.05) is 33.9 Å². The van der Waals surface area contributed by atoms with Crippen LogP contribution < -0.4 is 20.1 Å². The Labute approximate surface area is 142 Å². The van der Waals surface area contributed by atoms with Gasteiger partial charge in [0, 0.05) is 25.7 Å². The lowest BCUT2D eigenvalue weighted by Crippen LogP contribution is -2.59. The molecule has 2 N–H and O–H groups in total. The van der Waals surface area contributed by atoms with Crippen molar-refractivity contribution in [1.29, 1.82) is 0 Å². The molecule has 0 saturated carbocycles. The first-order valence-electron chi connectivity index (χ1n) is 8.13. The zero-order valence-corrected chi connectivity index (χ0v) is 14.4. The average Bonchev–Trinajstić information content (AvgIpc) is 2.60. The Morgan fingerprint density at radius 2 is 1.96 bits per heavy atom. The van der Waals surface area contributed by atoms with Crippen molar-refractivity contribution < 1.29 is 19.1 Å². The van der Waals surface area contributed by atoms with E-state index in [0.29, 0.717) is 32.5 Å². The Morgan fingerprint density at radius 3 is 2.54 bits per heavy atom. The lowest BCUT2D eigenvalue weighted by Gasteiger charge is -2.34. The second-order valence-electron chi connectivity index (χ2n) is 5.61. The largest absolute Gasteiger partial charge is 0.497 e. The van der Waals surface area contributed by atoms with Gasteiger partial charge in [-0.15, -0.1) is 0 Å². The van der Waals surface area contributed by atoms with Gasteiger partial charge in [-0.25, -0.2) is 4.79 Å². The number of methoxy groups -OCH3 is 2. The highest BCUT2D eigenvalue weighted by atomic mass is 16.5. The fraction of sp³-hybridized carbons (Fsp3) is 0.529. The molecule has 1 saturated heterocycles. The predicted molar refractivity (Wildman–Crippen MR) is 90.4 cm³/mol. The summed E-state index contributed by atoms with van der Waals surface area (Å²) in [7, 11) is 3.21. The summed E-state index contributed by atoms with van der Waals surface area (Å²) >= 11 is 0. The monoisotopic (exact) mass is 335 g/mol. The van der Waals surface area contributed by atoms with Gasteiger partial charge in [0.1, 0.15) is 17.5 Å². The second kappa shape index (κ2) is 8.42. The molecule has 1 atom stereocenters. The average molecular weight is 335 g/mol. The van der Waals surface area contributed by atoms with Crippen LogP contribution >= 0.6 is 0 Å². The van der Waals surface area contributed by atoms with Crippen LogP contribution in [-0.4, -0.2) is 56.7 Å². The van der Waals surface area contributed by atoms with Gasteiger partial charge in [0.15, 0.2) is 0 Å². The molecule has 0 unspecified atom stereocenters. The third kappa shape index (κ3) is 4.31. The highest BCUT2D eigenvalue weighted by Gasteiger charge is 2.31. The number of hydrogen-bond donors (Lipinski definition) is 2. The molecule has 0 spiro atoms. The SMILES string of the molecule is CC[C@H]1C(=O)NCCN1C(=O)NCCc1cc(OC)cc(OC)c1. The van der Waals surface area contributed by atoms with Gasteiger partial charge in [-0.2, -0.15) is 0 Å². The van der Waals surface area contributed by atoms with E-state index in [9.17, 15) is 9.59 Å². The van der Waals surface area contributed by atoms with Crippen LogP contribution in [-0.2, 0) is 11.2 Å². The molecule has 0 bridgehead atoms. The molecule has 1 fully saturated rings. The summed E-state index contributed by atoms with van der Waals surface area (Å²) in [5, 5.41) is 5.67. The molecule has 7 heteroatoms. The minimum atomic E-state index is -0.393. The fourth-order valence-corrected chi connectivity index (χ4v) is 2.79. The standard InChI is InChI=1S/C17H25N3O4/c1-4-15-16(21)18-7-8-20(15)17(22)19-6-5-12-9-13(23-2)11-14(10-12)24-3/h9-11,15H,4-8H2,1-3H3,(H,18,21)(H,19,22)/t15-/m0/s1. The number of carbonyl (C=O) groups excluding carboxylic acids is 2. The van der Waals surface area contributed by atoms with E-state index in [1.807, 2.05) is 19.1 Å². The van der Waals surface area contributed by atoms with Crippen LogP contribution in [0.3, 0.4) is 0 Å². The third-order valence-electron chi connectivity index (χ3n) is 4.08. The van der Waals surface area contributed by atoms with Crippen molar-refractivity contribution in [2.45, 2.75) is 25.8 Å². The van der Waals surface area contributed by atoms with Crippen LogP contribution in [0.15, 0.2) is 18.2 Å². The minimum Gasteiger partial charge on any atom is -0.497 e. The summed E-state index contributed by atoms with van der Waals surface area (Å²) in [5.41, 5.74) is 1.01. The molecule has 2 rings (SSSR count). The van der Waals surface area contributed by atoms with Gasteiger partial charge >= 0.3 is 6.03 Å². The molecular weight excluding hydrogens is 310 g/mol. The number of hydrogen-bond acceptors (Lipinski definition) is 4. The van der Waals surface area contributed by atoms with Crippen molar-refractivity contribution in [1.82, 2.24) is 15.5 Å². The zero-order valence-electron chi connectivity index (χ0n) is 14.4. The lowest BCUT2D eigenvalue weighted by atomic mass is 10.1. The highest BCUT2D eigenvalue weighted by molar-refractivity contribution is 5.88. The maximum absolute atomic E-state index is 12.3. The molecule has 1 heterocycles. The van der Waals surface area contributed by atoms with Gasteiger partial charge in [-0.3, -0.25) is 4.79 Å². The number of amides is 3. The molecule has 132 valence electrons. The summed E-state index contributed by atoms with van der Waals surface area (Å²) in [4.78, 5) is 25.8. The summed E-state index contributed by atoms with van der Waals surface area (Å²) in [6, 6.07) is 5.04. The molecule has 7 nitrogen and oxygen atoms in total. The molecule has 1 aliphatic heterocycles. The molecular formula is C17H25N3O4. The second-order valence-corrected chi connectivity index (χ2v) is 5.61. The predicted octanol–water partition coefficient (Wildman–Crippen LogP) is 1.17. The Bertz CT molecular complexity index is 569. The Hall–Kier alpha value is -2.44. The Balaban J connectivity index is 1.91. The van der Waals surface area contributed by atoms with Gasteiger partial charge in [-0.05, 0) is 30.5 Å². The Kier molecular flexibility index (Phi) is 6.28. The molecule has 0 radical (unpaired) electrons. The summed E-state index contributed by atoms with van der Waals surface area (Å²) < 4.78 is 10.5. The van der Waals surface area contributed by atoms with E-state index in [1.165, 1.54) is 0 Å². The van der Waals surface area contributed by atoms with E-state index in [1.54, 1.807) is 25.2 Å². The summed E-state index contributed by atoms with van der Waals surface area (Å²) in [6.07, 6.45) is 1.25. The number of urea groups is 1. The normalized spacial score (nSPS) is 17.2. The first kappa shape index (κ1) is 17.9. The number of benzene rings is 1. The summed E-state index contributed by atoms with van der Waals surface area (Å²) in [6.45, 7) is 3.40. The highest BCUT2D eigenvalue weighted by Crippen LogP contribution is 2.22. The number of rotatable bonds is 6. The van der Waals surface area contributed by atoms with Crippen LogP contribution in [0.1, 0.15) is 18.9 Å². The molecule has 3 amide bonds. The fourth-order valence-electron chi connectivity index (χ4n) is 2.79. The van der Waals surface area contributed by atoms with Crippen molar-refractivity contribution in [2.24, 2.45) is 0 Å². The summed E-state index contributed by atoms with van der Waals surface area (Å²) in [5.74, 6) is 1.35. The molecule has 1 aliphatic rings.